The van der Waals surface area contributed by atoms with Gasteiger partial charge in [-0.25, -0.2) is 9.97 Å². The lowest BCUT2D eigenvalue weighted by Gasteiger charge is -2.13. The Hall–Kier alpha value is -3.51. The van der Waals surface area contributed by atoms with E-state index in [9.17, 15) is 4.79 Å². The number of hydrogen-bond acceptors (Lipinski definition) is 5. The second-order valence-electron chi connectivity index (χ2n) is 5.83. The van der Waals surface area contributed by atoms with E-state index in [0.717, 1.165) is 10.9 Å². The van der Waals surface area contributed by atoms with Crippen LogP contribution in [-0.4, -0.2) is 20.9 Å². The lowest BCUT2D eigenvalue weighted by atomic mass is 10.1. The van der Waals surface area contributed by atoms with Crippen molar-refractivity contribution in [1.82, 2.24) is 15.0 Å². The average molecular weight is 376 g/mol. The van der Waals surface area contributed by atoms with Crippen LogP contribution < -0.4 is 11.1 Å². The number of anilines is 2. The first-order valence-corrected chi connectivity index (χ1v) is 8.53. The minimum atomic E-state index is -0.521. The predicted octanol–water partition coefficient (Wildman–Crippen LogP) is 4.19. The Bertz CT molecular complexity index is 1150. The Morgan fingerprint density at radius 3 is 2.67 bits per heavy atom. The summed E-state index contributed by atoms with van der Waals surface area (Å²) < 4.78 is 0. The number of nitrogens with zero attached hydrogens (tertiary/aromatic N) is 3. The molecule has 27 heavy (non-hydrogen) atoms. The zero-order valence-electron chi connectivity index (χ0n) is 14.1. The smallest absolute Gasteiger partial charge is 0.250 e. The Kier molecular flexibility index (Phi) is 4.40. The summed E-state index contributed by atoms with van der Waals surface area (Å²) in [5, 5.41) is 4.55. The zero-order valence-corrected chi connectivity index (χ0v) is 14.8. The van der Waals surface area contributed by atoms with Gasteiger partial charge in [-0.2, -0.15) is 0 Å². The number of halogens is 1. The summed E-state index contributed by atoms with van der Waals surface area (Å²) in [6, 6.07) is 16.1. The molecule has 0 fully saturated rings. The van der Waals surface area contributed by atoms with Crippen molar-refractivity contribution in [2.75, 3.05) is 5.32 Å². The minimum Gasteiger partial charge on any atom is -0.366 e. The molecule has 0 radical (unpaired) electrons. The van der Waals surface area contributed by atoms with Crippen LogP contribution in [0.2, 0.25) is 5.02 Å². The van der Waals surface area contributed by atoms with Crippen molar-refractivity contribution in [2.45, 2.75) is 0 Å². The molecule has 0 saturated carbocycles. The van der Waals surface area contributed by atoms with Gasteiger partial charge in [-0.15, -0.1) is 0 Å². The predicted molar refractivity (Wildman–Crippen MR) is 106 cm³/mol. The van der Waals surface area contributed by atoms with Gasteiger partial charge in [0.1, 0.15) is 5.82 Å². The number of benzene rings is 2. The second-order valence-corrected chi connectivity index (χ2v) is 6.27. The SMILES string of the molecule is NC(=O)c1ccccc1Nc1nc(-c2cccnc2)nc2cc(Cl)ccc12. The molecule has 0 aliphatic carbocycles. The number of carbonyl (C=O) groups excluding carboxylic acids is 1. The Morgan fingerprint density at radius 1 is 1.04 bits per heavy atom. The summed E-state index contributed by atoms with van der Waals surface area (Å²) in [5.74, 6) is 0.521. The number of nitrogens with two attached hydrogens (primary N) is 1. The molecule has 4 aromatic rings. The largest absolute Gasteiger partial charge is 0.366 e. The number of aromatic nitrogens is 3. The van der Waals surface area contributed by atoms with Gasteiger partial charge in [0, 0.05) is 28.4 Å². The number of primary amides is 1. The fraction of sp³-hybridized carbons (Fsp3) is 0. The van der Waals surface area contributed by atoms with E-state index < -0.39 is 5.91 Å². The Morgan fingerprint density at radius 2 is 1.89 bits per heavy atom. The number of rotatable bonds is 4. The number of carbonyl (C=O) groups is 1. The molecular weight excluding hydrogens is 362 g/mol. The van der Waals surface area contributed by atoms with Crippen molar-refractivity contribution in [3.8, 4) is 11.4 Å². The molecule has 2 heterocycles. The maximum absolute atomic E-state index is 11.7. The molecule has 0 aliphatic heterocycles. The third-order valence-corrected chi connectivity index (χ3v) is 4.26. The van der Waals surface area contributed by atoms with Crippen molar-refractivity contribution in [3.05, 3.63) is 77.6 Å². The molecular formula is C20H14ClN5O. The molecule has 1 amide bonds. The maximum Gasteiger partial charge on any atom is 0.250 e. The molecule has 0 bridgehead atoms. The van der Waals surface area contributed by atoms with Crippen LogP contribution >= 0.6 is 11.6 Å². The van der Waals surface area contributed by atoms with Gasteiger partial charge >= 0.3 is 0 Å². The van der Waals surface area contributed by atoms with Crippen LogP contribution in [0.3, 0.4) is 0 Å². The van der Waals surface area contributed by atoms with Gasteiger partial charge in [0.2, 0.25) is 0 Å². The number of pyridine rings is 1. The standard InChI is InChI=1S/C20H14ClN5O/c21-13-7-8-15-17(10-13)25-19(12-4-3-9-23-11-12)26-20(15)24-16-6-2-1-5-14(16)18(22)27/h1-11H,(H2,22,27)(H,24,25,26). The lowest BCUT2D eigenvalue weighted by Crippen LogP contribution is -2.13. The van der Waals surface area contributed by atoms with E-state index in [0.29, 0.717) is 33.4 Å². The number of para-hydroxylation sites is 1. The summed E-state index contributed by atoms with van der Waals surface area (Å²) in [5.41, 5.74) is 7.87. The van der Waals surface area contributed by atoms with Crippen LogP contribution in [0.1, 0.15) is 10.4 Å². The van der Waals surface area contributed by atoms with Crippen LogP contribution in [0.5, 0.6) is 0 Å². The fourth-order valence-corrected chi connectivity index (χ4v) is 2.92. The fourth-order valence-electron chi connectivity index (χ4n) is 2.76. The van der Waals surface area contributed by atoms with E-state index in [1.807, 2.05) is 24.3 Å². The monoisotopic (exact) mass is 375 g/mol. The highest BCUT2D eigenvalue weighted by Gasteiger charge is 2.13. The number of hydrogen-bond donors (Lipinski definition) is 2. The molecule has 132 valence electrons. The van der Waals surface area contributed by atoms with Crippen molar-refractivity contribution >= 4 is 39.9 Å². The van der Waals surface area contributed by atoms with Crippen LogP contribution in [0, 0.1) is 0 Å². The van der Waals surface area contributed by atoms with Crippen LogP contribution in [-0.2, 0) is 0 Å². The number of fused-ring (bicyclic) bond motifs is 1. The maximum atomic E-state index is 11.7. The summed E-state index contributed by atoms with van der Waals surface area (Å²) in [4.78, 5) is 25.1. The first-order chi connectivity index (χ1) is 13.1. The van der Waals surface area contributed by atoms with E-state index in [1.165, 1.54) is 0 Å². The highest BCUT2D eigenvalue weighted by molar-refractivity contribution is 6.31. The molecule has 4 rings (SSSR count). The highest BCUT2D eigenvalue weighted by atomic mass is 35.5. The van der Waals surface area contributed by atoms with Crippen LogP contribution in [0.4, 0.5) is 11.5 Å². The normalized spacial score (nSPS) is 10.7. The van der Waals surface area contributed by atoms with Crippen molar-refractivity contribution in [2.24, 2.45) is 5.73 Å². The second kappa shape index (κ2) is 7.01. The average Bonchev–Trinajstić information content (AvgIpc) is 2.68. The van der Waals surface area contributed by atoms with Gasteiger partial charge in [0.25, 0.3) is 5.91 Å². The minimum absolute atomic E-state index is 0.376. The molecule has 7 heteroatoms. The van der Waals surface area contributed by atoms with Crippen LogP contribution in [0.15, 0.2) is 67.0 Å². The summed E-state index contributed by atoms with van der Waals surface area (Å²) in [7, 11) is 0. The molecule has 0 spiro atoms. The molecule has 0 atom stereocenters. The van der Waals surface area contributed by atoms with E-state index in [4.69, 9.17) is 17.3 Å². The lowest BCUT2D eigenvalue weighted by molar-refractivity contribution is 0.100. The van der Waals surface area contributed by atoms with Gasteiger partial charge in [-0.1, -0.05) is 23.7 Å². The molecule has 3 N–H and O–H groups in total. The Labute approximate surface area is 160 Å². The molecule has 0 aliphatic rings. The van der Waals surface area contributed by atoms with E-state index in [2.05, 4.69) is 20.3 Å². The van der Waals surface area contributed by atoms with E-state index >= 15 is 0 Å². The van der Waals surface area contributed by atoms with Gasteiger partial charge < -0.3 is 11.1 Å². The quantitative estimate of drug-likeness (QED) is 0.557. The first-order valence-electron chi connectivity index (χ1n) is 8.15. The molecule has 0 saturated heterocycles. The summed E-state index contributed by atoms with van der Waals surface area (Å²) in [6.45, 7) is 0. The highest BCUT2D eigenvalue weighted by Crippen LogP contribution is 2.29. The van der Waals surface area contributed by atoms with Crippen molar-refractivity contribution in [1.29, 1.82) is 0 Å². The van der Waals surface area contributed by atoms with Crippen molar-refractivity contribution in [3.63, 3.8) is 0 Å². The van der Waals surface area contributed by atoms with Gasteiger partial charge in [-0.3, -0.25) is 9.78 Å². The molecule has 2 aromatic carbocycles. The molecule has 6 nitrogen and oxygen atoms in total. The molecule has 0 unspecified atom stereocenters. The zero-order chi connectivity index (χ0) is 18.8. The number of amides is 1. The van der Waals surface area contributed by atoms with Crippen molar-refractivity contribution < 1.29 is 4.79 Å². The van der Waals surface area contributed by atoms with E-state index in [1.54, 1.807) is 42.7 Å². The molecule has 2 aromatic heterocycles. The van der Waals surface area contributed by atoms with Gasteiger partial charge in [0.15, 0.2) is 5.82 Å². The van der Waals surface area contributed by atoms with Gasteiger partial charge in [-0.05, 0) is 42.5 Å². The van der Waals surface area contributed by atoms with Gasteiger partial charge in [0.05, 0.1) is 16.8 Å². The van der Waals surface area contributed by atoms with Crippen LogP contribution in [0.25, 0.3) is 22.3 Å². The summed E-state index contributed by atoms with van der Waals surface area (Å²) >= 11 is 6.14. The third kappa shape index (κ3) is 3.43. The number of nitrogens with one attached hydrogen (secondary N) is 1. The topological polar surface area (TPSA) is 93.8 Å². The first kappa shape index (κ1) is 16.9. The Balaban J connectivity index is 1.90. The third-order valence-electron chi connectivity index (χ3n) is 4.02. The van der Waals surface area contributed by atoms with E-state index in [-0.39, 0.29) is 0 Å². The summed E-state index contributed by atoms with van der Waals surface area (Å²) in [6.07, 6.45) is 3.37.